The number of likely N-dealkylation sites (N-methyl/N-ethyl adjacent to an activating group) is 1. The third-order valence-corrected chi connectivity index (χ3v) is 3.53. The molecule has 100 valence electrons. The summed E-state index contributed by atoms with van der Waals surface area (Å²) in [6, 6.07) is 1.13. The first-order valence-electron chi connectivity index (χ1n) is 6.46. The monoisotopic (exact) mass is 261 g/mol. The van der Waals surface area contributed by atoms with Gasteiger partial charge in [-0.1, -0.05) is 6.92 Å². The molecule has 2 fully saturated rings. The molecule has 1 heterocycles. The number of amides is 1. The second-order valence-corrected chi connectivity index (χ2v) is 4.99. The lowest BCUT2D eigenvalue weighted by atomic mass is 10.2. The molecule has 1 atom stereocenters. The summed E-state index contributed by atoms with van der Waals surface area (Å²) in [6.07, 6.45) is 2.55. The molecule has 0 aromatic carbocycles. The van der Waals surface area contributed by atoms with Crippen LogP contribution < -0.4 is 5.32 Å². The number of piperazine rings is 1. The molecule has 1 saturated carbocycles. The van der Waals surface area contributed by atoms with Gasteiger partial charge in [-0.2, -0.15) is 0 Å². The van der Waals surface area contributed by atoms with E-state index >= 15 is 0 Å². The minimum absolute atomic E-state index is 0. The lowest BCUT2D eigenvalue weighted by molar-refractivity contribution is -0.133. The first kappa shape index (κ1) is 14.7. The van der Waals surface area contributed by atoms with E-state index in [4.69, 9.17) is 0 Å². The van der Waals surface area contributed by atoms with Gasteiger partial charge in [-0.05, 0) is 26.3 Å². The van der Waals surface area contributed by atoms with E-state index in [9.17, 15) is 4.79 Å². The van der Waals surface area contributed by atoms with Crippen LogP contribution in [0.3, 0.4) is 0 Å². The number of rotatable bonds is 4. The average molecular weight is 262 g/mol. The quantitative estimate of drug-likeness (QED) is 0.810. The van der Waals surface area contributed by atoms with Crippen molar-refractivity contribution in [2.75, 3.05) is 32.7 Å². The van der Waals surface area contributed by atoms with Crippen LogP contribution in [0.1, 0.15) is 26.7 Å². The van der Waals surface area contributed by atoms with Crippen molar-refractivity contribution >= 4 is 18.3 Å². The van der Waals surface area contributed by atoms with Crippen LogP contribution in [0.25, 0.3) is 0 Å². The number of hydrogen-bond acceptors (Lipinski definition) is 3. The highest BCUT2D eigenvalue weighted by Crippen LogP contribution is 2.26. The van der Waals surface area contributed by atoms with Gasteiger partial charge in [0.1, 0.15) is 0 Å². The summed E-state index contributed by atoms with van der Waals surface area (Å²) < 4.78 is 0. The van der Waals surface area contributed by atoms with Crippen molar-refractivity contribution in [3.05, 3.63) is 0 Å². The number of carbonyl (C=O) groups excluding carboxylic acids is 1. The smallest absolute Gasteiger partial charge is 0.236 e. The zero-order valence-electron chi connectivity index (χ0n) is 10.8. The summed E-state index contributed by atoms with van der Waals surface area (Å²) in [6.45, 7) is 8.56. The van der Waals surface area contributed by atoms with Crippen molar-refractivity contribution in [3.63, 3.8) is 0 Å². The summed E-state index contributed by atoms with van der Waals surface area (Å²) in [5.74, 6) is 0.308. The van der Waals surface area contributed by atoms with E-state index in [2.05, 4.69) is 24.1 Å². The van der Waals surface area contributed by atoms with Crippen LogP contribution in [-0.4, -0.2) is 60.5 Å². The van der Waals surface area contributed by atoms with Crippen LogP contribution in [-0.2, 0) is 4.79 Å². The highest BCUT2D eigenvalue weighted by atomic mass is 35.5. The Morgan fingerprint density at radius 2 is 2.18 bits per heavy atom. The summed E-state index contributed by atoms with van der Waals surface area (Å²) >= 11 is 0. The fraction of sp³-hybridized carbons (Fsp3) is 0.917. The van der Waals surface area contributed by atoms with Crippen molar-refractivity contribution in [1.29, 1.82) is 0 Å². The molecule has 4 nitrogen and oxygen atoms in total. The summed E-state index contributed by atoms with van der Waals surface area (Å²) in [5.41, 5.74) is 0. The van der Waals surface area contributed by atoms with Crippen LogP contribution in [0.2, 0.25) is 0 Å². The van der Waals surface area contributed by atoms with Crippen molar-refractivity contribution < 1.29 is 4.79 Å². The maximum atomic E-state index is 12.1. The second-order valence-electron chi connectivity index (χ2n) is 4.99. The molecular weight excluding hydrogens is 238 g/mol. The van der Waals surface area contributed by atoms with Gasteiger partial charge in [-0.25, -0.2) is 0 Å². The lowest BCUT2D eigenvalue weighted by Gasteiger charge is -2.33. The van der Waals surface area contributed by atoms with Crippen molar-refractivity contribution in [2.24, 2.45) is 0 Å². The molecule has 1 amide bonds. The van der Waals surface area contributed by atoms with E-state index in [1.165, 1.54) is 12.8 Å². The first-order chi connectivity index (χ1) is 7.70. The fourth-order valence-corrected chi connectivity index (χ4v) is 2.37. The maximum absolute atomic E-state index is 12.1. The molecule has 1 aliphatic carbocycles. The van der Waals surface area contributed by atoms with Crippen LogP contribution in [0.5, 0.6) is 0 Å². The first-order valence-corrected chi connectivity index (χ1v) is 6.46. The fourth-order valence-electron chi connectivity index (χ4n) is 2.37. The molecule has 1 aliphatic heterocycles. The van der Waals surface area contributed by atoms with E-state index in [0.717, 1.165) is 26.2 Å². The number of nitrogens with one attached hydrogen (secondary N) is 1. The number of hydrogen-bond donors (Lipinski definition) is 1. The highest BCUT2D eigenvalue weighted by Gasteiger charge is 2.30. The Morgan fingerprint density at radius 1 is 1.47 bits per heavy atom. The molecule has 0 bridgehead atoms. The van der Waals surface area contributed by atoms with E-state index in [1.807, 2.05) is 4.90 Å². The largest absolute Gasteiger partial charge is 0.339 e. The van der Waals surface area contributed by atoms with Crippen molar-refractivity contribution in [1.82, 2.24) is 15.1 Å². The van der Waals surface area contributed by atoms with Gasteiger partial charge in [0.25, 0.3) is 0 Å². The maximum Gasteiger partial charge on any atom is 0.236 e. The molecule has 0 aromatic rings. The molecule has 5 heteroatoms. The Hall–Kier alpha value is -0.320. The molecule has 1 N–H and O–H groups in total. The third kappa shape index (κ3) is 4.12. The molecule has 0 radical (unpaired) electrons. The Balaban J connectivity index is 0.00000144. The number of carbonyl (C=O) groups is 1. The normalized spacial score (nSPS) is 24.6. The average Bonchev–Trinajstić information content (AvgIpc) is 3.09. The van der Waals surface area contributed by atoms with Crippen LogP contribution in [0, 0.1) is 0 Å². The number of nitrogens with zero attached hydrogens (tertiary/aromatic N) is 2. The Morgan fingerprint density at radius 3 is 2.71 bits per heavy atom. The van der Waals surface area contributed by atoms with Gasteiger partial charge in [0, 0.05) is 31.7 Å². The van der Waals surface area contributed by atoms with Crippen molar-refractivity contribution in [3.8, 4) is 0 Å². The third-order valence-electron chi connectivity index (χ3n) is 3.53. The topological polar surface area (TPSA) is 35.6 Å². The van der Waals surface area contributed by atoms with Gasteiger partial charge in [0.15, 0.2) is 0 Å². The number of halogens is 1. The predicted molar refractivity (Wildman–Crippen MR) is 71.6 cm³/mol. The molecule has 17 heavy (non-hydrogen) atoms. The van der Waals surface area contributed by atoms with Gasteiger partial charge >= 0.3 is 0 Å². The Labute approximate surface area is 110 Å². The zero-order valence-corrected chi connectivity index (χ0v) is 11.6. The minimum Gasteiger partial charge on any atom is -0.339 e. The molecule has 0 aromatic heterocycles. The summed E-state index contributed by atoms with van der Waals surface area (Å²) in [4.78, 5) is 16.4. The minimum atomic E-state index is 0. The van der Waals surface area contributed by atoms with E-state index in [1.54, 1.807) is 0 Å². The van der Waals surface area contributed by atoms with E-state index < -0.39 is 0 Å². The van der Waals surface area contributed by atoms with Gasteiger partial charge in [0.05, 0.1) is 6.54 Å². The highest BCUT2D eigenvalue weighted by molar-refractivity contribution is 5.85. The van der Waals surface area contributed by atoms with Gasteiger partial charge in [-0.15, -0.1) is 12.4 Å². The van der Waals surface area contributed by atoms with Gasteiger partial charge in [0.2, 0.25) is 5.91 Å². The standard InChI is InChI=1S/C12H23N3O.ClH/c1-3-14(11-4-5-11)9-12(16)15-7-6-13-10(2)8-15;/h10-11,13H,3-9H2,1-2H3;1H/t10-;/m1./s1. The molecular formula is C12H24ClN3O. The second kappa shape index (κ2) is 6.57. The predicted octanol–water partition coefficient (Wildman–Crippen LogP) is 0.713. The molecule has 0 spiro atoms. The van der Waals surface area contributed by atoms with E-state index in [-0.39, 0.29) is 12.4 Å². The van der Waals surface area contributed by atoms with E-state index in [0.29, 0.717) is 24.5 Å². The van der Waals surface area contributed by atoms with Crippen LogP contribution in [0.15, 0.2) is 0 Å². The SMILES string of the molecule is CCN(CC(=O)N1CCN[C@H](C)C1)C1CC1.Cl. The lowest BCUT2D eigenvalue weighted by Crippen LogP contribution is -2.53. The zero-order chi connectivity index (χ0) is 11.5. The van der Waals surface area contributed by atoms with Gasteiger partial charge < -0.3 is 10.2 Å². The molecule has 2 rings (SSSR count). The summed E-state index contributed by atoms with van der Waals surface area (Å²) in [5, 5.41) is 3.36. The molecule has 0 unspecified atom stereocenters. The Bertz CT molecular complexity index is 258. The molecule has 2 aliphatic rings. The van der Waals surface area contributed by atoms with Crippen LogP contribution in [0.4, 0.5) is 0 Å². The summed E-state index contributed by atoms with van der Waals surface area (Å²) in [7, 11) is 0. The van der Waals surface area contributed by atoms with Gasteiger partial charge in [-0.3, -0.25) is 9.69 Å². The Kier molecular flexibility index (Phi) is 5.70. The van der Waals surface area contributed by atoms with Crippen molar-refractivity contribution in [2.45, 2.75) is 38.8 Å². The van der Waals surface area contributed by atoms with Crippen LogP contribution >= 0.6 is 12.4 Å². The molecule has 1 saturated heterocycles.